The third-order valence-corrected chi connectivity index (χ3v) is 8.00. The fourth-order valence-electron chi connectivity index (χ4n) is 6.33. The number of hydrogen-bond donors (Lipinski definition) is 1. The summed E-state index contributed by atoms with van der Waals surface area (Å²) in [6, 6.07) is -0.872. The summed E-state index contributed by atoms with van der Waals surface area (Å²) in [6.07, 6.45) is 9.40. The van der Waals surface area contributed by atoms with E-state index < -0.39 is 35.0 Å². The van der Waals surface area contributed by atoms with E-state index in [1.165, 1.54) is 4.90 Å². The number of aliphatic hydroxyl groups is 1. The molecular weight excluding hydrogens is 448 g/mol. The Balaban J connectivity index is 1.93. The van der Waals surface area contributed by atoms with E-state index >= 15 is 0 Å². The largest absolute Gasteiger partial charge is 0.465 e. The van der Waals surface area contributed by atoms with Crippen molar-refractivity contribution < 1.29 is 29.0 Å². The fraction of sp³-hybridized carbons (Fsp3) is 0.741. The SMILES string of the molecule is C=CCCCCOC(=O)[C@@H]1[C@H]2C(=O)N(CCO)C(C(=O)N(CC=C)CCCC)C23CC[C@@]1(CC)O3. The van der Waals surface area contributed by atoms with Crippen LogP contribution in [0, 0.1) is 11.8 Å². The minimum absolute atomic E-state index is 0.0228. The number of unbranched alkanes of at least 4 members (excludes halogenated alkanes) is 3. The van der Waals surface area contributed by atoms with E-state index in [9.17, 15) is 19.5 Å². The maximum Gasteiger partial charge on any atom is 0.312 e. The van der Waals surface area contributed by atoms with Crippen molar-refractivity contribution in [1.29, 1.82) is 0 Å². The Bertz CT molecular complexity index is 815. The second-order valence-corrected chi connectivity index (χ2v) is 9.97. The van der Waals surface area contributed by atoms with E-state index in [-0.39, 0.29) is 31.6 Å². The second-order valence-electron chi connectivity index (χ2n) is 9.97. The molecule has 0 aromatic heterocycles. The number of β-amino-alcohol motifs (C(OH)–C–C–N with tert-alkyl or cyclic N) is 1. The fourth-order valence-corrected chi connectivity index (χ4v) is 6.33. The maximum atomic E-state index is 13.9. The van der Waals surface area contributed by atoms with Crippen LogP contribution in [0.4, 0.5) is 0 Å². The molecule has 3 saturated heterocycles. The lowest BCUT2D eigenvalue weighted by molar-refractivity contribution is -0.162. The number of fused-ring (bicyclic) bond motifs is 1. The second kappa shape index (κ2) is 11.7. The monoisotopic (exact) mass is 490 g/mol. The van der Waals surface area contributed by atoms with Gasteiger partial charge in [-0.3, -0.25) is 14.4 Å². The Morgan fingerprint density at radius 2 is 2.00 bits per heavy atom. The van der Waals surface area contributed by atoms with Gasteiger partial charge in [-0.05, 0) is 44.9 Å². The van der Waals surface area contributed by atoms with Crippen molar-refractivity contribution in [2.24, 2.45) is 11.8 Å². The number of ether oxygens (including phenoxy) is 2. The first-order valence-electron chi connectivity index (χ1n) is 13.2. The summed E-state index contributed by atoms with van der Waals surface area (Å²) >= 11 is 0. The van der Waals surface area contributed by atoms with E-state index in [2.05, 4.69) is 20.1 Å². The molecule has 0 aliphatic carbocycles. The van der Waals surface area contributed by atoms with E-state index in [0.29, 0.717) is 32.4 Å². The predicted molar refractivity (Wildman–Crippen MR) is 132 cm³/mol. The van der Waals surface area contributed by atoms with Crippen LogP contribution in [-0.4, -0.2) is 82.8 Å². The van der Waals surface area contributed by atoms with Crippen LogP contribution in [0.15, 0.2) is 25.3 Å². The van der Waals surface area contributed by atoms with E-state index in [1.807, 2.05) is 13.0 Å². The van der Waals surface area contributed by atoms with Crippen molar-refractivity contribution in [2.75, 3.05) is 32.8 Å². The van der Waals surface area contributed by atoms with Gasteiger partial charge in [-0.1, -0.05) is 32.4 Å². The van der Waals surface area contributed by atoms with E-state index in [4.69, 9.17) is 9.47 Å². The van der Waals surface area contributed by atoms with Crippen LogP contribution in [-0.2, 0) is 23.9 Å². The quantitative estimate of drug-likeness (QED) is 0.215. The molecule has 3 heterocycles. The number of rotatable bonds is 15. The molecule has 5 atom stereocenters. The third kappa shape index (κ3) is 4.79. The van der Waals surface area contributed by atoms with Gasteiger partial charge in [-0.2, -0.15) is 0 Å². The standard InChI is InChI=1S/C27H42N2O6/c1-5-9-11-12-19-34-25(33)21-20-23(31)29(17-18-30)22(24(32)28(15-7-3)16-10-6-2)27(20)14-13-26(21,8-4)35-27/h5,7,20-22,30H,1,3,6,8-19H2,2,4H3/t20-,21-,22?,26+,27?/m0/s1. The predicted octanol–water partition coefficient (Wildman–Crippen LogP) is 2.85. The molecule has 8 heteroatoms. The highest BCUT2D eigenvalue weighted by Crippen LogP contribution is 2.64. The Labute approximate surface area is 209 Å². The number of likely N-dealkylation sites (tertiary alicyclic amines) is 1. The lowest BCUT2D eigenvalue weighted by Crippen LogP contribution is -2.56. The van der Waals surface area contributed by atoms with Crippen molar-refractivity contribution in [3.63, 3.8) is 0 Å². The van der Waals surface area contributed by atoms with Gasteiger partial charge in [0, 0.05) is 19.6 Å². The average molecular weight is 491 g/mol. The molecule has 1 spiro atoms. The zero-order valence-corrected chi connectivity index (χ0v) is 21.4. The molecule has 196 valence electrons. The summed E-state index contributed by atoms with van der Waals surface area (Å²) in [5.41, 5.74) is -1.90. The average Bonchev–Trinajstić information content (AvgIpc) is 3.45. The Hall–Kier alpha value is -2.19. The van der Waals surface area contributed by atoms with Crippen molar-refractivity contribution in [1.82, 2.24) is 9.80 Å². The van der Waals surface area contributed by atoms with Gasteiger partial charge in [-0.25, -0.2) is 0 Å². The van der Waals surface area contributed by atoms with E-state index in [1.54, 1.807) is 11.0 Å². The smallest absolute Gasteiger partial charge is 0.312 e. The number of aliphatic hydroxyl groups excluding tert-OH is 1. The van der Waals surface area contributed by atoms with Gasteiger partial charge in [0.1, 0.15) is 17.6 Å². The first kappa shape index (κ1) is 27.4. The van der Waals surface area contributed by atoms with Gasteiger partial charge in [0.15, 0.2) is 0 Å². The highest BCUT2D eigenvalue weighted by atomic mass is 16.6. The highest BCUT2D eigenvalue weighted by molar-refractivity contribution is 5.98. The first-order valence-corrected chi connectivity index (χ1v) is 13.2. The molecule has 3 aliphatic rings. The van der Waals surface area contributed by atoms with Crippen LogP contribution >= 0.6 is 0 Å². The van der Waals surface area contributed by atoms with Crippen LogP contribution in [0.25, 0.3) is 0 Å². The molecule has 0 saturated carbocycles. The topological polar surface area (TPSA) is 96.4 Å². The third-order valence-electron chi connectivity index (χ3n) is 8.00. The molecule has 3 aliphatic heterocycles. The molecule has 2 bridgehead atoms. The van der Waals surface area contributed by atoms with Crippen LogP contribution in [0.5, 0.6) is 0 Å². The highest BCUT2D eigenvalue weighted by Gasteiger charge is 2.79. The molecule has 0 aromatic carbocycles. The zero-order valence-electron chi connectivity index (χ0n) is 21.4. The summed E-state index contributed by atoms with van der Waals surface area (Å²) in [5, 5.41) is 9.74. The summed E-state index contributed by atoms with van der Waals surface area (Å²) in [6.45, 7) is 12.5. The summed E-state index contributed by atoms with van der Waals surface area (Å²) in [4.78, 5) is 44.3. The molecular formula is C27H42N2O6. The van der Waals surface area contributed by atoms with Crippen LogP contribution in [0.1, 0.15) is 65.2 Å². The van der Waals surface area contributed by atoms with Gasteiger partial charge in [0.2, 0.25) is 11.8 Å². The van der Waals surface area contributed by atoms with Crippen molar-refractivity contribution in [2.45, 2.75) is 82.5 Å². The van der Waals surface area contributed by atoms with Gasteiger partial charge >= 0.3 is 5.97 Å². The number of esters is 1. The van der Waals surface area contributed by atoms with Crippen LogP contribution < -0.4 is 0 Å². The van der Waals surface area contributed by atoms with Crippen LogP contribution in [0.3, 0.4) is 0 Å². The lowest BCUT2D eigenvalue weighted by Gasteiger charge is -2.36. The van der Waals surface area contributed by atoms with E-state index in [0.717, 1.165) is 32.1 Å². The van der Waals surface area contributed by atoms with Crippen molar-refractivity contribution in [3.8, 4) is 0 Å². The Morgan fingerprint density at radius 3 is 2.63 bits per heavy atom. The number of amides is 2. The molecule has 35 heavy (non-hydrogen) atoms. The molecule has 0 aromatic rings. The summed E-state index contributed by atoms with van der Waals surface area (Å²) in [5.74, 6) is -2.45. The maximum absolute atomic E-state index is 13.9. The molecule has 2 unspecified atom stereocenters. The zero-order chi connectivity index (χ0) is 25.6. The summed E-state index contributed by atoms with van der Waals surface area (Å²) in [7, 11) is 0. The molecule has 1 N–H and O–H groups in total. The number of carbonyl (C=O) groups excluding carboxylic acids is 3. The minimum atomic E-state index is -1.09. The lowest BCUT2D eigenvalue weighted by atomic mass is 9.65. The van der Waals surface area contributed by atoms with Gasteiger partial charge in [0.05, 0.1) is 24.7 Å². The normalized spacial score (nSPS) is 30.9. The van der Waals surface area contributed by atoms with Gasteiger partial charge < -0.3 is 24.4 Å². The number of hydrogen-bond acceptors (Lipinski definition) is 6. The molecule has 3 rings (SSSR count). The summed E-state index contributed by atoms with van der Waals surface area (Å²) < 4.78 is 12.3. The van der Waals surface area contributed by atoms with Crippen molar-refractivity contribution in [3.05, 3.63) is 25.3 Å². The number of carbonyl (C=O) groups is 3. The minimum Gasteiger partial charge on any atom is -0.465 e. The molecule has 0 radical (unpaired) electrons. The van der Waals surface area contributed by atoms with Crippen molar-refractivity contribution >= 4 is 17.8 Å². The molecule has 8 nitrogen and oxygen atoms in total. The van der Waals surface area contributed by atoms with Gasteiger partial charge in [-0.15, -0.1) is 13.2 Å². The van der Waals surface area contributed by atoms with Gasteiger partial charge in [0.25, 0.3) is 0 Å². The Kier molecular flexibility index (Phi) is 9.16. The first-order chi connectivity index (χ1) is 16.9. The van der Waals surface area contributed by atoms with Crippen LogP contribution in [0.2, 0.25) is 0 Å². The molecule has 2 amide bonds. The number of allylic oxidation sites excluding steroid dienone is 1. The number of nitrogens with zero attached hydrogens (tertiary/aromatic N) is 2. The Morgan fingerprint density at radius 1 is 1.23 bits per heavy atom. The molecule has 3 fully saturated rings.